The van der Waals surface area contributed by atoms with E-state index in [1.54, 1.807) is 0 Å². The quantitative estimate of drug-likeness (QED) is 0.358. The third-order valence-corrected chi connectivity index (χ3v) is 6.31. The van der Waals surface area contributed by atoms with E-state index in [1.165, 1.54) is 11.6 Å². The third kappa shape index (κ3) is 5.59. The lowest BCUT2D eigenvalue weighted by Gasteiger charge is -2.09. The van der Waals surface area contributed by atoms with Gasteiger partial charge in [-0.05, 0) is 42.1 Å². The third-order valence-electron chi connectivity index (χ3n) is 4.99. The molecule has 2 aromatic heterocycles. The normalized spacial score (nSPS) is 14.8. The van der Waals surface area contributed by atoms with Crippen molar-refractivity contribution < 1.29 is 31.1 Å². The summed E-state index contributed by atoms with van der Waals surface area (Å²) in [5, 5.41) is 9.34. The van der Waals surface area contributed by atoms with Crippen LogP contribution in [0.25, 0.3) is 0 Å². The van der Waals surface area contributed by atoms with Gasteiger partial charge < -0.3 is 5.32 Å². The zero-order valence-corrected chi connectivity index (χ0v) is 19.1. The highest BCUT2D eigenvalue weighted by molar-refractivity contribution is 9.10. The summed E-state index contributed by atoms with van der Waals surface area (Å²) in [6, 6.07) is 0. The van der Waals surface area contributed by atoms with Crippen molar-refractivity contribution in [1.82, 2.24) is 24.9 Å². The van der Waals surface area contributed by atoms with Crippen molar-refractivity contribution in [3.63, 3.8) is 0 Å². The summed E-state index contributed by atoms with van der Waals surface area (Å²) in [4.78, 5) is 12.0. The molecule has 178 valence electrons. The van der Waals surface area contributed by atoms with E-state index in [4.69, 9.17) is 11.6 Å². The monoisotopic (exact) mass is 549 g/mol. The number of nitrogens with zero attached hydrogens (tertiary/aromatic N) is 4. The fraction of sp³-hybridized carbons (Fsp3) is 0.611. The Balaban J connectivity index is 1.50. The number of aromatic nitrogens is 4. The number of alkyl halides is 6. The van der Waals surface area contributed by atoms with Crippen molar-refractivity contribution in [3.05, 3.63) is 32.3 Å². The van der Waals surface area contributed by atoms with Gasteiger partial charge in [0.1, 0.15) is 0 Å². The molecule has 14 heteroatoms. The molecule has 0 unspecified atom stereocenters. The second-order valence-electron chi connectivity index (χ2n) is 7.47. The SMILES string of the molecule is Cc1c(Br)c(C(F)(F)F)nn1CCC(=O)NCCCn1nc(C(F)(F)F)c(Cl)c1C1CC1. The fourth-order valence-electron chi connectivity index (χ4n) is 3.23. The molecule has 2 aromatic rings. The van der Waals surface area contributed by atoms with Gasteiger partial charge in [0.25, 0.3) is 0 Å². The van der Waals surface area contributed by atoms with Crippen LogP contribution >= 0.6 is 27.5 Å². The number of rotatable bonds is 8. The Bertz CT molecular complexity index is 996. The van der Waals surface area contributed by atoms with Crippen LogP contribution in [0, 0.1) is 6.92 Å². The summed E-state index contributed by atoms with van der Waals surface area (Å²) in [5.74, 6) is -0.458. The number of hydrogen-bond acceptors (Lipinski definition) is 3. The van der Waals surface area contributed by atoms with Crippen molar-refractivity contribution in [3.8, 4) is 0 Å². The predicted molar refractivity (Wildman–Crippen MR) is 106 cm³/mol. The molecule has 1 aliphatic rings. The van der Waals surface area contributed by atoms with Gasteiger partial charge in [0, 0.05) is 25.4 Å². The smallest absolute Gasteiger partial charge is 0.356 e. The number of halogens is 8. The highest BCUT2D eigenvalue weighted by Crippen LogP contribution is 2.46. The molecular formula is C18H19BrClF6N5O. The lowest BCUT2D eigenvalue weighted by Crippen LogP contribution is -2.26. The topological polar surface area (TPSA) is 64.7 Å². The van der Waals surface area contributed by atoms with Gasteiger partial charge in [-0.1, -0.05) is 11.6 Å². The van der Waals surface area contributed by atoms with Crippen LogP contribution in [-0.2, 0) is 30.2 Å². The minimum Gasteiger partial charge on any atom is -0.356 e. The van der Waals surface area contributed by atoms with Crippen LogP contribution in [0.1, 0.15) is 54.4 Å². The number of amides is 1. The van der Waals surface area contributed by atoms with Crippen LogP contribution in [-0.4, -0.2) is 32.0 Å². The first-order chi connectivity index (χ1) is 14.8. The Kier molecular flexibility index (Phi) is 7.18. The van der Waals surface area contributed by atoms with Gasteiger partial charge >= 0.3 is 12.4 Å². The van der Waals surface area contributed by atoms with Gasteiger partial charge in [0.15, 0.2) is 11.4 Å². The molecule has 1 N–H and O–H groups in total. The highest BCUT2D eigenvalue weighted by atomic mass is 79.9. The molecule has 6 nitrogen and oxygen atoms in total. The molecule has 0 saturated heterocycles. The van der Waals surface area contributed by atoms with Crippen LogP contribution in [0.4, 0.5) is 26.3 Å². The Labute approximate surface area is 192 Å². The van der Waals surface area contributed by atoms with Crippen LogP contribution in [0.15, 0.2) is 4.47 Å². The number of aryl methyl sites for hydroxylation is 2. The van der Waals surface area contributed by atoms with Gasteiger partial charge in [-0.3, -0.25) is 14.2 Å². The predicted octanol–water partition coefficient (Wildman–Crippen LogP) is 5.32. The second-order valence-corrected chi connectivity index (χ2v) is 8.64. The van der Waals surface area contributed by atoms with Gasteiger partial charge in [-0.15, -0.1) is 0 Å². The first-order valence-electron chi connectivity index (χ1n) is 9.71. The van der Waals surface area contributed by atoms with Gasteiger partial charge in [-0.25, -0.2) is 0 Å². The van der Waals surface area contributed by atoms with Crippen molar-refractivity contribution in [2.45, 2.75) is 64.0 Å². The van der Waals surface area contributed by atoms with E-state index in [-0.39, 0.29) is 47.2 Å². The van der Waals surface area contributed by atoms with E-state index in [0.717, 1.165) is 17.5 Å². The van der Waals surface area contributed by atoms with Crippen molar-refractivity contribution >= 4 is 33.4 Å². The van der Waals surface area contributed by atoms with Gasteiger partial charge in [-0.2, -0.15) is 36.5 Å². The average molecular weight is 551 g/mol. The van der Waals surface area contributed by atoms with E-state index in [1.807, 2.05) is 0 Å². The maximum absolute atomic E-state index is 13.1. The first-order valence-corrected chi connectivity index (χ1v) is 10.9. The maximum atomic E-state index is 13.1. The van der Waals surface area contributed by atoms with E-state index in [0.29, 0.717) is 12.1 Å². The summed E-state index contributed by atoms with van der Waals surface area (Å²) >= 11 is 8.78. The summed E-state index contributed by atoms with van der Waals surface area (Å²) in [5.41, 5.74) is -1.55. The van der Waals surface area contributed by atoms with E-state index in [9.17, 15) is 31.1 Å². The molecule has 1 fully saturated rings. The molecule has 0 bridgehead atoms. The molecule has 1 saturated carbocycles. The van der Waals surface area contributed by atoms with E-state index < -0.39 is 29.6 Å². The zero-order valence-electron chi connectivity index (χ0n) is 16.7. The Morgan fingerprint density at radius 3 is 2.22 bits per heavy atom. The summed E-state index contributed by atoms with van der Waals surface area (Å²) in [7, 11) is 0. The first kappa shape index (κ1) is 24.9. The van der Waals surface area contributed by atoms with Crippen LogP contribution in [0.5, 0.6) is 0 Å². The molecule has 32 heavy (non-hydrogen) atoms. The van der Waals surface area contributed by atoms with Crippen LogP contribution in [0.2, 0.25) is 5.02 Å². The molecule has 0 atom stereocenters. The van der Waals surface area contributed by atoms with Crippen molar-refractivity contribution in [1.29, 1.82) is 0 Å². The largest absolute Gasteiger partial charge is 0.436 e. The number of carbonyl (C=O) groups excluding carboxylic acids is 1. The summed E-state index contributed by atoms with van der Waals surface area (Å²) < 4.78 is 80.1. The summed E-state index contributed by atoms with van der Waals surface area (Å²) in [6.07, 6.45) is -7.56. The zero-order chi connectivity index (χ0) is 23.8. The molecule has 1 aliphatic carbocycles. The average Bonchev–Trinajstić information content (AvgIpc) is 3.38. The molecule has 1 amide bonds. The Morgan fingerprint density at radius 2 is 1.69 bits per heavy atom. The van der Waals surface area contributed by atoms with Crippen molar-refractivity contribution in [2.24, 2.45) is 0 Å². The van der Waals surface area contributed by atoms with Crippen molar-refractivity contribution in [2.75, 3.05) is 6.54 Å². The van der Waals surface area contributed by atoms with Gasteiger partial charge in [0.05, 0.1) is 27.4 Å². The molecule has 0 aromatic carbocycles. The second kappa shape index (κ2) is 9.24. The molecule has 2 heterocycles. The van der Waals surface area contributed by atoms with E-state index >= 15 is 0 Å². The van der Waals surface area contributed by atoms with Gasteiger partial charge in [0.2, 0.25) is 5.91 Å². The number of hydrogen-bond donors (Lipinski definition) is 1. The number of nitrogens with one attached hydrogen (secondary N) is 1. The van der Waals surface area contributed by atoms with Crippen LogP contribution < -0.4 is 5.32 Å². The Hall–Kier alpha value is -1.76. The standard InChI is InChI=1S/C18H19BrClF6N5O/c1-9-12(19)15(17(21,22)23)28-30(9)8-5-11(32)27-6-2-7-31-14(10-3-4-10)13(20)16(29-31)18(24,25)26/h10H,2-8H2,1H3,(H,27,32). The maximum Gasteiger partial charge on any atom is 0.436 e. The minimum atomic E-state index is -4.65. The van der Waals surface area contributed by atoms with Crippen LogP contribution in [0.3, 0.4) is 0 Å². The lowest BCUT2D eigenvalue weighted by molar-refractivity contribution is -0.142. The minimum absolute atomic E-state index is 0.0427. The molecular weight excluding hydrogens is 532 g/mol. The number of carbonyl (C=O) groups is 1. The fourth-order valence-corrected chi connectivity index (χ4v) is 4.13. The molecule has 3 rings (SSSR count). The molecule has 0 aliphatic heterocycles. The summed E-state index contributed by atoms with van der Waals surface area (Å²) in [6.45, 7) is 1.70. The lowest BCUT2D eigenvalue weighted by atomic mass is 10.2. The van der Waals surface area contributed by atoms with E-state index in [2.05, 4.69) is 31.4 Å². The Morgan fingerprint density at radius 1 is 1.09 bits per heavy atom. The highest BCUT2D eigenvalue weighted by Gasteiger charge is 2.42. The molecule has 0 spiro atoms. The molecule has 0 radical (unpaired) electrons.